The lowest BCUT2D eigenvalue weighted by Crippen LogP contribution is -2.34. The summed E-state index contributed by atoms with van der Waals surface area (Å²) in [7, 11) is 0. The van der Waals surface area contributed by atoms with Gasteiger partial charge in [-0.2, -0.15) is 0 Å². The van der Waals surface area contributed by atoms with Crippen molar-refractivity contribution >= 4 is 5.91 Å². The third kappa shape index (κ3) is 4.81. The van der Waals surface area contributed by atoms with Crippen LogP contribution in [-0.4, -0.2) is 41.5 Å². The van der Waals surface area contributed by atoms with Gasteiger partial charge in [0.15, 0.2) is 6.61 Å². The Morgan fingerprint density at radius 3 is 2.60 bits per heavy atom. The van der Waals surface area contributed by atoms with E-state index in [1.165, 1.54) is 0 Å². The summed E-state index contributed by atoms with van der Waals surface area (Å²) in [4.78, 5) is 18.1. The van der Waals surface area contributed by atoms with E-state index in [0.29, 0.717) is 25.3 Å². The molecule has 0 fully saturated rings. The minimum absolute atomic E-state index is 0.00475. The van der Waals surface area contributed by atoms with Gasteiger partial charge in [0.1, 0.15) is 5.75 Å². The van der Waals surface area contributed by atoms with Crippen molar-refractivity contribution in [3.05, 3.63) is 23.5 Å². The third-order valence-electron chi connectivity index (χ3n) is 3.05. The van der Waals surface area contributed by atoms with E-state index in [4.69, 9.17) is 10.5 Å². The number of rotatable bonds is 7. The highest BCUT2D eigenvalue weighted by Gasteiger charge is 2.13. The van der Waals surface area contributed by atoms with Crippen molar-refractivity contribution in [2.75, 3.05) is 19.7 Å². The van der Waals surface area contributed by atoms with Crippen LogP contribution in [0.25, 0.3) is 0 Å². The molecule has 1 unspecified atom stereocenters. The Morgan fingerprint density at radius 1 is 1.40 bits per heavy atom. The zero-order chi connectivity index (χ0) is 15.1. The predicted octanol–water partition coefficient (Wildman–Crippen LogP) is 1.53. The smallest absolute Gasteiger partial charge is 0.260 e. The summed E-state index contributed by atoms with van der Waals surface area (Å²) in [5, 5.41) is 0. The van der Waals surface area contributed by atoms with Crippen molar-refractivity contribution in [3.63, 3.8) is 0 Å². The van der Waals surface area contributed by atoms with Crippen LogP contribution in [0.3, 0.4) is 0 Å². The summed E-state index contributed by atoms with van der Waals surface area (Å²) < 4.78 is 5.63. The zero-order valence-electron chi connectivity index (χ0n) is 12.8. The number of hydrogen-bond donors (Lipinski definition) is 1. The summed E-state index contributed by atoms with van der Waals surface area (Å²) in [6.07, 6.45) is 0.635. The van der Waals surface area contributed by atoms with E-state index in [1.54, 1.807) is 4.90 Å². The fourth-order valence-corrected chi connectivity index (χ4v) is 1.99. The van der Waals surface area contributed by atoms with Crippen LogP contribution in [0.4, 0.5) is 0 Å². The molecule has 0 aliphatic heterocycles. The van der Waals surface area contributed by atoms with Crippen LogP contribution in [0.5, 0.6) is 5.75 Å². The van der Waals surface area contributed by atoms with Crippen LogP contribution in [0.15, 0.2) is 12.1 Å². The molecule has 0 aliphatic carbocycles. The number of ether oxygens (including phenoxy) is 1. The van der Waals surface area contributed by atoms with Gasteiger partial charge in [-0.05, 0) is 39.8 Å². The SMILES string of the molecule is CCN(CC)C(=O)COc1ccc(C)nc1CC(C)N. The summed E-state index contributed by atoms with van der Waals surface area (Å²) in [6.45, 7) is 9.19. The van der Waals surface area contributed by atoms with Gasteiger partial charge >= 0.3 is 0 Å². The van der Waals surface area contributed by atoms with Crippen LogP contribution in [0.1, 0.15) is 32.2 Å². The lowest BCUT2D eigenvalue weighted by atomic mass is 10.1. The number of carbonyl (C=O) groups excluding carboxylic acids is 1. The molecular formula is C15H25N3O2. The van der Waals surface area contributed by atoms with Gasteiger partial charge in [-0.15, -0.1) is 0 Å². The first-order valence-electron chi connectivity index (χ1n) is 7.10. The van der Waals surface area contributed by atoms with Crippen LogP contribution in [0, 0.1) is 6.92 Å². The van der Waals surface area contributed by atoms with Crippen molar-refractivity contribution in [2.24, 2.45) is 5.73 Å². The molecule has 0 bridgehead atoms. The minimum Gasteiger partial charge on any atom is -0.482 e. The zero-order valence-corrected chi connectivity index (χ0v) is 12.8. The highest BCUT2D eigenvalue weighted by molar-refractivity contribution is 5.77. The van der Waals surface area contributed by atoms with E-state index in [2.05, 4.69) is 4.98 Å². The number of hydrogen-bond acceptors (Lipinski definition) is 4. The number of likely N-dealkylation sites (N-methyl/N-ethyl adjacent to an activating group) is 1. The number of amides is 1. The van der Waals surface area contributed by atoms with Gasteiger partial charge in [-0.1, -0.05) is 0 Å². The van der Waals surface area contributed by atoms with Crippen molar-refractivity contribution in [1.29, 1.82) is 0 Å². The van der Waals surface area contributed by atoms with Gasteiger partial charge in [0, 0.05) is 31.2 Å². The summed E-state index contributed by atoms with van der Waals surface area (Å²) in [6, 6.07) is 3.74. The molecule has 112 valence electrons. The first kappa shape index (κ1) is 16.4. The van der Waals surface area contributed by atoms with Crippen molar-refractivity contribution in [3.8, 4) is 5.75 Å². The fraction of sp³-hybridized carbons (Fsp3) is 0.600. The third-order valence-corrected chi connectivity index (χ3v) is 3.05. The molecule has 0 radical (unpaired) electrons. The Morgan fingerprint density at radius 2 is 2.05 bits per heavy atom. The molecule has 5 heteroatoms. The number of aryl methyl sites for hydroxylation is 1. The van der Waals surface area contributed by atoms with Crippen molar-refractivity contribution in [1.82, 2.24) is 9.88 Å². The molecule has 5 nitrogen and oxygen atoms in total. The van der Waals surface area contributed by atoms with E-state index >= 15 is 0 Å². The number of aromatic nitrogens is 1. The molecule has 0 saturated heterocycles. The van der Waals surface area contributed by atoms with E-state index in [9.17, 15) is 4.79 Å². The molecule has 2 N–H and O–H groups in total. The van der Waals surface area contributed by atoms with E-state index in [1.807, 2.05) is 39.8 Å². The van der Waals surface area contributed by atoms with Crippen LogP contribution >= 0.6 is 0 Å². The second-order valence-corrected chi connectivity index (χ2v) is 4.93. The number of nitrogens with two attached hydrogens (primary N) is 1. The van der Waals surface area contributed by atoms with Crippen LogP contribution in [0.2, 0.25) is 0 Å². The lowest BCUT2D eigenvalue weighted by Gasteiger charge is -2.19. The number of nitrogens with zero attached hydrogens (tertiary/aromatic N) is 2. The van der Waals surface area contributed by atoms with E-state index in [0.717, 1.165) is 11.4 Å². The first-order chi connectivity index (χ1) is 9.47. The maximum absolute atomic E-state index is 11.9. The maximum atomic E-state index is 11.9. The van der Waals surface area contributed by atoms with E-state index in [-0.39, 0.29) is 18.6 Å². The Hall–Kier alpha value is -1.62. The average molecular weight is 279 g/mol. The summed E-state index contributed by atoms with van der Waals surface area (Å²) in [5.41, 5.74) is 7.55. The topological polar surface area (TPSA) is 68.5 Å². The predicted molar refractivity (Wildman–Crippen MR) is 79.8 cm³/mol. The Bertz CT molecular complexity index is 443. The number of carbonyl (C=O) groups is 1. The molecule has 0 saturated carbocycles. The molecule has 0 aromatic carbocycles. The molecule has 20 heavy (non-hydrogen) atoms. The minimum atomic E-state index is -0.0117. The molecule has 1 aromatic rings. The quantitative estimate of drug-likeness (QED) is 0.822. The Balaban J connectivity index is 2.74. The molecule has 1 aromatic heterocycles. The summed E-state index contributed by atoms with van der Waals surface area (Å²) >= 11 is 0. The molecular weight excluding hydrogens is 254 g/mol. The van der Waals surface area contributed by atoms with Crippen molar-refractivity contribution in [2.45, 2.75) is 40.2 Å². The molecule has 0 aliphatic rings. The van der Waals surface area contributed by atoms with Crippen molar-refractivity contribution < 1.29 is 9.53 Å². The Kier molecular flexibility index (Phi) is 6.45. The molecule has 1 heterocycles. The molecule has 1 amide bonds. The maximum Gasteiger partial charge on any atom is 0.260 e. The van der Waals surface area contributed by atoms with Gasteiger partial charge in [-0.3, -0.25) is 9.78 Å². The second kappa shape index (κ2) is 7.85. The van der Waals surface area contributed by atoms with Gasteiger partial charge < -0.3 is 15.4 Å². The average Bonchev–Trinajstić information content (AvgIpc) is 2.38. The lowest BCUT2D eigenvalue weighted by molar-refractivity contribution is -0.132. The Labute approximate surface area is 121 Å². The van der Waals surface area contributed by atoms with Gasteiger partial charge in [0.25, 0.3) is 5.91 Å². The normalized spacial score (nSPS) is 12.1. The molecule has 0 spiro atoms. The van der Waals surface area contributed by atoms with E-state index < -0.39 is 0 Å². The second-order valence-electron chi connectivity index (χ2n) is 4.93. The van der Waals surface area contributed by atoms with Gasteiger partial charge in [0.2, 0.25) is 0 Å². The van der Waals surface area contributed by atoms with Gasteiger partial charge in [-0.25, -0.2) is 0 Å². The van der Waals surface area contributed by atoms with Gasteiger partial charge in [0.05, 0.1) is 5.69 Å². The monoisotopic (exact) mass is 279 g/mol. The first-order valence-corrected chi connectivity index (χ1v) is 7.10. The molecule has 1 atom stereocenters. The highest BCUT2D eigenvalue weighted by Crippen LogP contribution is 2.18. The fourth-order valence-electron chi connectivity index (χ4n) is 1.99. The summed E-state index contributed by atoms with van der Waals surface area (Å²) in [5.74, 6) is 0.635. The molecule has 1 rings (SSSR count). The van der Waals surface area contributed by atoms with Crippen LogP contribution < -0.4 is 10.5 Å². The highest BCUT2D eigenvalue weighted by atomic mass is 16.5. The number of pyridine rings is 1. The standard InChI is InChI=1S/C15H25N3O2/c1-5-18(6-2)15(19)10-20-14-8-7-12(4)17-13(14)9-11(3)16/h7-8,11H,5-6,9-10,16H2,1-4H3. The largest absolute Gasteiger partial charge is 0.482 e. The van der Waals surface area contributed by atoms with Crippen LogP contribution in [-0.2, 0) is 11.2 Å².